The Kier molecular flexibility index (Phi) is 4.34. The van der Waals surface area contributed by atoms with Gasteiger partial charge in [-0.1, -0.05) is 48.5 Å². The molecule has 0 spiro atoms. The summed E-state index contributed by atoms with van der Waals surface area (Å²) < 4.78 is 5.57. The van der Waals surface area contributed by atoms with E-state index in [1.807, 2.05) is 24.3 Å². The number of likely N-dealkylation sites (tertiary alicyclic amines) is 1. The second kappa shape index (κ2) is 6.80. The zero-order valence-corrected chi connectivity index (χ0v) is 14.2. The molecule has 4 rings (SSSR count). The molecule has 2 aromatic rings. The minimum atomic E-state index is -0.671. The fourth-order valence-corrected chi connectivity index (χ4v) is 4.01. The van der Waals surface area contributed by atoms with Gasteiger partial charge in [0.05, 0.1) is 0 Å². The summed E-state index contributed by atoms with van der Waals surface area (Å²) in [6.07, 6.45) is 0.719. The maximum absolute atomic E-state index is 12.5. The highest BCUT2D eigenvalue weighted by Crippen LogP contribution is 2.44. The van der Waals surface area contributed by atoms with Crippen LogP contribution in [0.4, 0.5) is 4.79 Å². The fraction of sp³-hybridized carbons (Fsp3) is 0.300. The number of fused-ring (bicyclic) bond motifs is 3. The van der Waals surface area contributed by atoms with Crippen LogP contribution in [0.2, 0.25) is 0 Å². The monoisotopic (exact) mass is 352 g/mol. The van der Waals surface area contributed by atoms with Crippen molar-refractivity contribution in [2.75, 3.05) is 13.2 Å². The summed E-state index contributed by atoms with van der Waals surface area (Å²) in [5.41, 5.74) is 6.26. The molecule has 26 heavy (non-hydrogen) atoms. The second-order valence-electron chi connectivity index (χ2n) is 6.63. The van der Waals surface area contributed by atoms with E-state index in [0.29, 0.717) is 19.4 Å². The first-order chi connectivity index (χ1) is 12.7. The largest absolute Gasteiger partial charge is 0.448 e. The van der Waals surface area contributed by atoms with Crippen LogP contribution in [0.1, 0.15) is 29.9 Å². The predicted molar refractivity (Wildman–Crippen MR) is 94.7 cm³/mol. The molecule has 1 atom stereocenters. The standard InChI is InChI=1S/C20H20N2O4/c23-19(21-25)18-10-5-11-22(18)20(24)26-12-17-15-8-3-1-6-13(15)14-7-2-4-9-16(14)17/h1-4,6-9,17-18,25H,5,10-12H2,(H,21,23)/t18-/m0/s1. The molecule has 6 heteroatoms. The summed E-state index contributed by atoms with van der Waals surface area (Å²) in [5, 5.41) is 8.84. The fourth-order valence-electron chi connectivity index (χ4n) is 4.01. The third-order valence-corrected chi connectivity index (χ3v) is 5.24. The van der Waals surface area contributed by atoms with Gasteiger partial charge in [0.15, 0.2) is 0 Å². The van der Waals surface area contributed by atoms with Crippen LogP contribution in [-0.4, -0.2) is 41.3 Å². The van der Waals surface area contributed by atoms with Gasteiger partial charge in [0, 0.05) is 12.5 Å². The summed E-state index contributed by atoms with van der Waals surface area (Å²) in [5.74, 6) is -0.588. The van der Waals surface area contributed by atoms with Gasteiger partial charge in [-0.2, -0.15) is 0 Å². The van der Waals surface area contributed by atoms with E-state index in [4.69, 9.17) is 9.94 Å². The maximum atomic E-state index is 12.5. The van der Waals surface area contributed by atoms with Crippen LogP contribution in [0, 0.1) is 0 Å². The Morgan fingerprint density at radius 2 is 1.69 bits per heavy atom. The molecule has 2 aromatic carbocycles. The SMILES string of the molecule is O=C(NO)[C@@H]1CCCN1C(=O)OCC1c2ccccc2-c2ccccc21. The topological polar surface area (TPSA) is 78.9 Å². The molecule has 2 N–H and O–H groups in total. The van der Waals surface area contributed by atoms with Crippen molar-refractivity contribution in [1.82, 2.24) is 10.4 Å². The first-order valence-corrected chi connectivity index (χ1v) is 8.76. The highest BCUT2D eigenvalue weighted by Gasteiger charge is 2.36. The van der Waals surface area contributed by atoms with Gasteiger partial charge in [-0.05, 0) is 35.1 Å². The van der Waals surface area contributed by atoms with E-state index in [9.17, 15) is 9.59 Å². The van der Waals surface area contributed by atoms with E-state index in [1.165, 1.54) is 16.0 Å². The van der Waals surface area contributed by atoms with Crippen molar-refractivity contribution in [2.45, 2.75) is 24.8 Å². The Hall–Kier alpha value is -2.86. The van der Waals surface area contributed by atoms with E-state index in [0.717, 1.165) is 11.1 Å². The molecule has 0 unspecified atom stereocenters. The summed E-state index contributed by atoms with van der Waals surface area (Å²) in [6.45, 7) is 0.672. The van der Waals surface area contributed by atoms with Crippen molar-refractivity contribution in [3.8, 4) is 11.1 Å². The number of ether oxygens (including phenoxy) is 1. The number of rotatable bonds is 3. The lowest BCUT2D eigenvalue weighted by molar-refractivity contribution is -0.133. The summed E-state index contributed by atoms with van der Waals surface area (Å²) >= 11 is 0. The Balaban J connectivity index is 1.51. The highest BCUT2D eigenvalue weighted by atomic mass is 16.6. The third kappa shape index (κ3) is 2.72. The van der Waals surface area contributed by atoms with Crippen LogP contribution in [0.5, 0.6) is 0 Å². The molecule has 134 valence electrons. The molecule has 1 saturated heterocycles. The lowest BCUT2D eigenvalue weighted by Gasteiger charge is -2.23. The third-order valence-electron chi connectivity index (χ3n) is 5.24. The lowest BCUT2D eigenvalue weighted by atomic mass is 9.98. The molecule has 1 aliphatic carbocycles. The Morgan fingerprint density at radius 3 is 2.31 bits per heavy atom. The minimum absolute atomic E-state index is 0.0147. The van der Waals surface area contributed by atoms with Crippen LogP contribution in [-0.2, 0) is 9.53 Å². The molecule has 0 aromatic heterocycles. The van der Waals surface area contributed by atoms with Crippen LogP contribution in [0.3, 0.4) is 0 Å². The Morgan fingerprint density at radius 1 is 1.08 bits per heavy atom. The van der Waals surface area contributed by atoms with Gasteiger partial charge in [0.1, 0.15) is 12.6 Å². The number of nitrogens with zero attached hydrogens (tertiary/aromatic N) is 1. The number of benzene rings is 2. The predicted octanol–water partition coefficient (Wildman–Crippen LogP) is 2.91. The van der Waals surface area contributed by atoms with Gasteiger partial charge in [-0.15, -0.1) is 0 Å². The van der Waals surface area contributed by atoms with Gasteiger partial charge >= 0.3 is 6.09 Å². The van der Waals surface area contributed by atoms with E-state index >= 15 is 0 Å². The van der Waals surface area contributed by atoms with Crippen molar-refractivity contribution < 1.29 is 19.5 Å². The summed E-state index contributed by atoms with van der Waals surface area (Å²) in [6, 6.07) is 15.6. The zero-order valence-electron chi connectivity index (χ0n) is 14.2. The molecule has 1 heterocycles. The van der Waals surface area contributed by atoms with Crippen molar-refractivity contribution in [2.24, 2.45) is 0 Å². The first kappa shape index (κ1) is 16.6. The lowest BCUT2D eigenvalue weighted by Crippen LogP contribution is -2.45. The van der Waals surface area contributed by atoms with Crippen LogP contribution >= 0.6 is 0 Å². The molecule has 2 aliphatic rings. The Labute approximate surface area is 151 Å². The number of amides is 2. The Bertz CT molecular complexity index is 806. The summed E-state index contributed by atoms with van der Waals surface area (Å²) in [7, 11) is 0. The summed E-state index contributed by atoms with van der Waals surface area (Å²) in [4.78, 5) is 25.6. The average molecular weight is 352 g/mol. The van der Waals surface area contributed by atoms with Gasteiger partial charge in [0.2, 0.25) is 0 Å². The number of carbonyl (C=O) groups excluding carboxylic acids is 2. The minimum Gasteiger partial charge on any atom is -0.448 e. The quantitative estimate of drug-likeness (QED) is 0.658. The molecule has 1 aliphatic heterocycles. The smallest absolute Gasteiger partial charge is 0.410 e. The van der Waals surface area contributed by atoms with Crippen molar-refractivity contribution in [3.05, 3.63) is 59.7 Å². The second-order valence-corrected chi connectivity index (χ2v) is 6.63. The number of hydroxylamine groups is 1. The average Bonchev–Trinajstić information content (AvgIpc) is 3.29. The van der Waals surface area contributed by atoms with Crippen molar-refractivity contribution in [1.29, 1.82) is 0 Å². The van der Waals surface area contributed by atoms with Crippen LogP contribution in [0.15, 0.2) is 48.5 Å². The molecule has 0 bridgehead atoms. The van der Waals surface area contributed by atoms with E-state index in [-0.39, 0.29) is 12.5 Å². The molecule has 1 fully saturated rings. The van der Waals surface area contributed by atoms with Gasteiger partial charge in [-0.3, -0.25) is 14.9 Å². The van der Waals surface area contributed by atoms with Crippen LogP contribution < -0.4 is 5.48 Å². The number of nitrogens with one attached hydrogen (secondary N) is 1. The molecular formula is C20H20N2O4. The van der Waals surface area contributed by atoms with E-state index in [2.05, 4.69) is 24.3 Å². The number of hydrogen-bond donors (Lipinski definition) is 2. The zero-order chi connectivity index (χ0) is 18.1. The van der Waals surface area contributed by atoms with Gasteiger partial charge in [0.25, 0.3) is 5.91 Å². The molecule has 0 radical (unpaired) electrons. The van der Waals surface area contributed by atoms with Gasteiger partial charge in [-0.25, -0.2) is 10.3 Å². The first-order valence-electron chi connectivity index (χ1n) is 8.76. The van der Waals surface area contributed by atoms with Crippen LogP contribution in [0.25, 0.3) is 11.1 Å². The maximum Gasteiger partial charge on any atom is 0.410 e. The highest BCUT2D eigenvalue weighted by molar-refractivity contribution is 5.85. The van der Waals surface area contributed by atoms with E-state index < -0.39 is 18.0 Å². The number of hydrogen-bond acceptors (Lipinski definition) is 4. The molecule has 2 amide bonds. The van der Waals surface area contributed by atoms with Crippen molar-refractivity contribution >= 4 is 12.0 Å². The molecular weight excluding hydrogens is 332 g/mol. The van der Waals surface area contributed by atoms with Crippen molar-refractivity contribution in [3.63, 3.8) is 0 Å². The van der Waals surface area contributed by atoms with Gasteiger partial charge < -0.3 is 4.74 Å². The normalized spacial score (nSPS) is 18.3. The molecule has 6 nitrogen and oxygen atoms in total. The van der Waals surface area contributed by atoms with E-state index in [1.54, 1.807) is 5.48 Å². The molecule has 0 saturated carbocycles. The number of carbonyl (C=O) groups is 2.